The van der Waals surface area contributed by atoms with Gasteiger partial charge < -0.3 is 4.90 Å². The van der Waals surface area contributed by atoms with Crippen LogP contribution >= 0.6 is 0 Å². The standard InChI is InChI=1S/C18H24N6/c1-22-10-4-5-14(18(22)17-8-9-21-24(17)3)13-23(2)16-7-6-15(11-19)20-12-16/h6-9,12,14,18H,4-5,10,13H2,1-3H3/t14-,18+/m0/s1. The summed E-state index contributed by atoms with van der Waals surface area (Å²) in [7, 11) is 6.31. The molecule has 6 nitrogen and oxygen atoms in total. The van der Waals surface area contributed by atoms with Gasteiger partial charge in [-0.1, -0.05) is 0 Å². The number of nitrogens with zero attached hydrogens (tertiary/aromatic N) is 6. The lowest BCUT2D eigenvalue weighted by molar-refractivity contribution is 0.118. The zero-order chi connectivity index (χ0) is 17.1. The van der Waals surface area contributed by atoms with Crippen molar-refractivity contribution >= 4 is 5.69 Å². The fourth-order valence-electron chi connectivity index (χ4n) is 3.73. The average Bonchev–Trinajstić information content (AvgIpc) is 3.01. The Hall–Kier alpha value is -2.39. The smallest absolute Gasteiger partial charge is 0.140 e. The Morgan fingerprint density at radius 1 is 1.33 bits per heavy atom. The highest BCUT2D eigenvalue weighted by Gasteiger charge is 2.33. The van der Waals surface area contributed by atoms with E-state index in [1.807, 2.05) is 24.0 Å². The molecule has 2 aromatic rings. The van der Waals surface area contributed by atoms with Crippen LogP contribution in [0, 0.1) is 17.2 Å². The second-order valence-corrected chi connectivity index (χ2v) is 6.60. The Morgan fingerprint density at radius 3 is 2.79 bits per heavy atom. The summed E-state index contributed by atoms with van der Waals surface area (Å²) in [5, 5.41) is 13.2. The molecule has 0 N–H and O–H groups in total. The maximum absolute atomic E-state index is 8.88. The average molecular weight is 324 g/mol. The van der Waals surface area contributed by atoms with Crippen molar-refractivity contribution in [2.24, 2.45) is 13.0 Å². The molecule has 3 heterocycles. The first-order valence-electron chi connectivity index (χ1n) is 8.35. The molecule has 0 bridgehead atoms. The number of rotatable bonds is 4. The van der Waals surface area contributed by atoms with E-state index in [9.17, 15) is 0 Å². The van der Waals surface area contributed by atoms with Gasteiger partial charge in [-0.25, -0.2) is 4.98 Å². The minimum absolute atomic E-state index is 0.375. The van der Waals surface area contributed by atoms with Crippen LogP contribution in [0.25, 0.3) is 0 Å². The van der Waals surface area contributed by atoms with Crippen molar-refractivity contribution in [1.82, 2.24) is 19.7 Å². The lowest BCUT2D eigenvalue weighted by atomic mass is 9.87. The molecule has 6 heteroatoms. The first-order chi connectivity index (χ1) is 11.6. The van der Waals surface area contributed by atoms with Crippen LogP contribution in [0.5, 0.6) is 0 Å². The van der Waals surface area contributed by atoms with Crippen molar-refractivity contribution in [3.63, 3.8) is 0 Å². The molecule has 0 radical (unpaired) electrons. The normalized spacial score (nSPS) is 21.4. The molecule has 1 saturated heterocycles. The van der Waals surface area contributed by atoms with Gasteiger partial charge in [-0.2, -0.15) is 10.4 Å². The number of aromatic nitrogens is 3. The Kier molecular flexibility index (Phi) is 4.81. The molecule has 24 heavy (non-hydrogen) atoms. The summed E-state index contributed by atoms with van der Waals surface area (Å²) in [5.74, 6) is 0.528. The highest BCUT2D eigenvalue weighted by molar-refractivity contribution is 5.45. The van der Waals surface area contributed by atoms with E-state index >= 15 is 0 Å². The van der Waals surface area contributed by atoms with Gasteiger partial charge >= 0.3 is 0 Å². The minimum atomic E-state index is 0.375. The molecule has 126 valence electrons. The van der Waals surface area contributed by atoms with Gasteiger partial charge in [-0.3, -0.25) is 9.58 Å². The summed E-state index contributed by atoms with van der Waals surface area (Å²) in [6.07, 6.45) is 6.08. The Balaban J connectivity index is 1.78. The van der Waals surface area contributed by atoms with Crippen LogP contribution in [0.4, 0.5) is 5.69 Å². The number of hydrogen-bond acceptors (Lipinski definition) is 5. The zero-order valence-corrected chi connectivity index (χ0v) is 14.6. The summed E-state index contributed by atoms with van der Waals surface area (Å²) in [5.41, 5.74) is 2.77. The van der Waals surface area contributed by atoms with E-state index in [-0.39, 0.29) is 0 Å². The lowest BCUT2D eigenvalue weighted by Crippen LogP contribution is -2.41. The number of likely N-dealkylation sites (tertiary alicyclic amines) is 1. The number of pyridine rings is 1. The molecular weight excluding hydrogens is 300 g/mol. The number of piperidine rings is 1. The topological polar surface area (TPSA) is 61.0 Å². The molecular formula is C18H24N6. The van der Waals surface area contributed by atoms with Crippen molar-refractivity contribution in [2.75, 3.05) is 32.1 Å². The molecule has 2 atom stereocenters. The first kappa shape index (κ1) is 16.5. The van der Waals surface area contributed by atoms with Crippen molar-refractivity contribution in [2.45, 2.75) is 18.9 Å². The highest BCUT2D eigenvalue weighted by Crippen LogP contribution is 2.35. The molecule has 1 aliphatic heterocycles. The third kappa shape index (κ3) is 3.26. The molecule has 0 spiro atoms. The second-order valence-electron chi connectivity index (χ2n) is 6.60. The summed E-state index contributed by atoms with van der Waals surface area (Å²) in [6.45, 7) is 2.07. The van der Waals surface area contributed by atoms with Gasteiger partial charge in [0.1, 0.15) is 11.8 Å². The van der Waals surface area contributed by atoms with Crippen LogP contribution in [0.15, 0.2) is 30.6 Å². The summed E-state index contributed by atoms with van der Waals surface area (Å²) in [6, 6.07) is 8.31. The van der Waals surface area contributed by atoms with Crippen LogP contribution in [0.2, 0.25) is 0 Å². The van der Waals surface area contributed by atoms with Gasteiger partial charge in [0.15, 0.2) is 0 Å². The van der Waals surface area contributed by atoms with Crippen LogP contribution < -0.4 is 4.90 Å². The molecule has 1 aliphatic rings. The zero-order valence-electron chi connectivity index (χ0n) is 14.6. The molecule has 0 saturated carbocycles. The maximum Gasteiger partial charge on any atom is 0.140 e. The van der Waals surface area contributed by atoms with Gasteiger partial charge in [0, 0.05) is 26.8 Å². The lowest BCUT2D eigenvalue weighted by Gasteiger charge is -2.41. The number of aryl methyl sites for hydroxylation is 1. The summed E-state index contributed by atoms with van der Waals surface area (Å²) >= 11 is 0. The van der Waals surface area contributed by atoms with Crippen LogP contribution in [-0.2, 0) is 7.05 Å². The van der Waals surface area contributed by atoms with Gasteiger partial charge in [0.25, 0.3) is 0 Å². The molecule has 0 aliphatic carbocycles. The first-order valence-corrected chi connectivity index (χ1v) is 8.35. The van der Waals surface area contributed by atoms with Gasteiger partial charge in [-0.05, 0) is 50.6 Å². The quantitative estimate of drug-likeness (QED) is 0.863. The monoisotopic (exact) mass is 324 g/mol. The van der Waals surface area contributed by atoms with E-state index in [2.05, 4.69) is 46.1 Å². The fourth-order valence-corrected chi connectivity index (χ4v) is 3.73. The van der Waals surface area contributed by atoms with E-state index in [1.165, 1.54) is 18.5 Å². The van der Waals surface area contributed by atoms with Gasteiger partial charge in [-0.15, -0.1) is 0 Å². The SMILES string of the molecule is CN(C[C@@H]1CCCN(C)[C@H]1c1ccnn1C)c1ccc(C#N)nc1. The minimum Gasteiger partial charge on any atom is -0.373 e. The van der Waals surface area contributed by atoms with E-state index < -0.39 is 0 Å². The Morgan fingerprint density at radius 2 is 2.17 bits per heavy atom. The van der Waals surface area contributed by atoms with Crippen molar-refractivity contribution in [1.29, 1.82) is 5.26 Å². The van der Waals surface area contributed by atoms with Crippen LogP contribution in [-0.4, -0.2) is 46.8 Å². The van der Waals surface area contributed by atoms with E-state index in [0.29, 0.717) is 17.7 Å². The van der Waals surface area contributed by atoms with Crippen LogP contribution in [0.3, 0.4) is 0 Å². The van der Waals surface area contributed by atoms with Gasteiger partial charge in [0.2, 0.25) is 0 Å². The number of hydrogen-bond donors (Lipinski definition) is 0. The van der Waals surface area contributed by atoms with Crippen molar-refractivity contribution in [3.8, 4) is 6.07 Å². The van der Waals surface area contributed by atoms with Crippen LogP contribution in [0.1, 0.15) is 30.3 Å². The third-order valence-corrected chi connectivity index (χ3v) is 4.98. The largest absolute Gasteiger partial charge is 0.373 e. The highest BCUT2D eigenvalue weighted by atomic mass is 15.3. The van der Waals surface area contributed by atoms with Crippen molar-refractivity contribution < 1.29 is 0 Å². The number of anilines is 1. The molecule has 0 unspecified atom stereocenters. The predicted octanol–water partition coefficient (Wildman–Crippen LogP) is 2.21. The van der Waals surface area contributed by atoms with Gasteiger partial charge in [0.05, 0.1) is 23.6 Å². The molecule has 1 fully saturated rings. The Labute approximate surface area is 143 Å². The second kappa shape index (κ2) is 7.02. The maximum atomic E-state index is 8.88. The molecule has 2 aromatic heterocycles. The van der Waals surface area contributed by atoms with E-state index in [0.717, 1.165) is 18.8 Å². The third-order valence-electron chi connectivity index (χ3n) is 4.98. The molecule has 0 aromatic carbocycles. The number of nitriles is 1. The molecule has 3 rings (SSSR count). The predicted molar refractivity (Wildman–Crippen MR) is 93.5 cm³/mol. The van der Waals surface area contributed by atoms with E-state index in [4.69, 9.17) is 5.26 Å². The summed E-state index contributed by atoms with van der Waals surface area (Å²) < 4.78 is 1.99. The van der Waals surface area contributed by atoms with E-state index in [1.54, 1.807) is 12.3 Å². The molecule has 0 amide bonds. The Bertz CT molecular complexity index is 714. The summed E-state index contributed by atoms with van der Waals surface area (Å²) in [4.78, 5) is 8.86. The fraction of sp³-hybridized carbons (Fsp3) is 0.500. The van der Waals surface area contributed by atoms with Crippen molar-refractivity contribution in [3.05, 3.63) is 42.0 Å².